The van der Waals surface area contributed by atoms with Gasteiger partial charge in [-0.15, -0.1) is 11.3 Å². The number of carbonyl (C=O) groups is 2. The highest BCUT2D eigenvalue weighted by Crippen LogP contribution is 2.27. The lowest BCUT2D eigenvalue weighted by molar-refractivity contribution is -0.116. The maximum Gasteiger partial charge on any atom is 0.251 e. The van der Waals surface area contributed by atoms with E-state index in [-0.39, 0.29) is 17.7 Å². The van der Waals surface area contributed by atoms with E-state index in [9.17, 15) is 9.59 Å². The summed E-state index contributed by atoms with van der Waals surface area (Å²) >= 11 is 1.67. The van der Waals surface area contributed by atoms with Crippen molar-refractivity contribution in [3.63, 3.8) is 0 Å². The largest absolute Gasteiger partial charge is 0.351 e. The molecule has 2 N–H and O–H groups in total. The average molecular weight is 365 g/mol. The topological polar surface area (TPSA) is 71.1 Å². The summed E-state index contributed by atoms with van der Waals surface area (Å²) in [7, 11) is 0. The average Bonchev–Trinajstić information content (AvgIpc) is 3.09. The molecule has 2 aromatic carbocycles. The predicted octanol–water partition coefficient (Wildman–Crippen LogP) is 3.71. The van der Waals surface area contributed by atoms with Crippen LogP contribution >= 0.6 is 11.3 Å². The lowest BCUT2D eigenvalue weighted by atomic mass is 10.00. The van der Waals surface area contributed by atoms with E-state index in [1.54, 1.807) is 23.5 Å². The van der Waals surface area contributed by atoms with Crippen molar-refractivity contribution in [2.45, 2.75) is 25.7 Å². The zero-order chi connectivity index (χ0) is 18.1. The first kappa shape index (κ1) is 16.7. The SMILES string of the molecule is CC(CNC(=O)c1ccc2c(c1)CCC(=O)N2)c1nc2ccccc2s1. The maximum absolute atomic E-state index is 12.5. The number of carbonyl (C=O) groups excluding carboxylic acids is 2. The van der Waals surface area contributed by atoms with Crippen LogP contribution in [0, 0.1) is 0 Å². The van der Waals surface area contributed by atoms with Crippen LogP contribution in [0.3, 0.4) is 0 Å². The van der Waals surface area contributed by atoms with Gasteiger partial charge in [-0.1, -0.05) is 19.1 Å². The van der Waals surface area contributed by atoms with E-state index in [1.165, 1.54) is 0 Å². The highest BCUT2D eigenvalue weighted by atomic mass is 32.1. The monoisotopic (exact) mass is 365 g/mol. The molecule has 0 bridgehead atoms. The number of hydrogen-bond acceptors (Lipinski definition) is 4. The van der Waals surface area contributed by atoms with Gasteiger partial charge in [-0.25, -0.2) is 4.98 Å². The van der Waals surface area contributed by atoms with Crippen molar-refractivity contribution in [3.05, 3.63) is 58.6 Å². The fourth-order valence-corrected chi connectivity index (χ4v) is 4.08. The summed E-state index contributed by atoms with van der Waals surface area (Å²) in [5, 5.41) is 6.86. The van der Waals surface area contributed by atoms with E-state index < -0.39 is 0 Å². The summed E-state index contributed by atoms with van der Waals surface area (Å²) in [5.41, 5.74) is 3.44. The van der Waals surface area contributed by atoms with Gasteiger partial charge in [0.05, 0.1) is 15.2 Å². The number of hydrogen-bond donors (Lipinski definition) is 2. The van der Waals surface area contributed by atoms with Crippen LogP contribution in [0.2, 0.25) is 0 Å². The number of nitrogens with zero attached hydrogens (tertiary/aromatic N) is 1. The third-order valence-electron chi connectivity index (χ3n) is 4.56. The van der Waals surface area contributed by atoms with Gasteiger partial charge < -0.3 is 10.6 Å². The Morgan fingerprint density at radius 3 is 2.96 bits per heavy atom. The molecule has 0 fully saturated rings. The molecule has 1 atom stereocenters. The highest BCUT2D eigenvalue weighted by Gasteiger charge is 2.18. The predicted molar refractivity (Wildman–Crippen MR) is 104 cm³/mol. The van der Waals surface area contributed by atoms with Gasteiger partial charge >= 0.3 is 0 Å². The standard InChI is InChI=1S/C20H19N3O2S/c1-12(20-23-16-4-2-3-5-17(16)26-20)11-21-19(25)14-6-8-15-13(10-14)7-9-18(24)22-15/h2-6,8,10,12H,7,9,11H2,1H3,(H,21,25)(H,22,24). The van der Waals surface area contributed by atoms with Gasteiger partial charge in [-0.05, 0) is 42.3 Å². The number of benzene rings is 2. The molecule has 132 valence electrons. The number of fused-ring (bicyclic) bond motifs is 2. The van der Waals surface area contributed by atoms with Crippen LogP contribution in [0.1, 0.15) is 40.2 Å². The molecule has 2 heterocycles. The Hall–Kier alpha value is -2.73. The summed E-state index contributed by atoms with van der Waals surface area (Å²) in [4.78, 5) is 28.6. The van der Waals surface area contributed by atoms with E-state index in [0.29, 0.717) is 24.9 Å². The molecule has 1 aliphatic heterocycles. The van der Waals surface area contributed by atoms with Crippen molar-refractivity contribution in [1.29, 1.82) is 0 Å². The fraction of sp³-hybridized carbons (Fsp3) is 0.250. The van der Waals surface area contributed by atoms with E-state index >= 15 is 0 Å². The van der Waals surface area contributed by atoms with Crippen LogP contribution in [0.25, 0.3) is 10.2 Å². The summed E-state index contributed by atoms with van der Waals surface area (Å²) in [6.45, 7) is 2.60. The second-order valence-electron chi connectivity index (χ2n) is 6.55. The maximum atomic E-state index is 12.5. The van der Waals surface area contributed by atoms with Crippen molar-refractivity contribution in [2.75, 3.05) is 11.9 Å². The number of amides is 2. The minimum absolute atomic E-state index is 0.0272. The molecule has 1 unspecified atom stereocenters. The number of para-hydroxylation sites is 1. The molecule has 0 radical (unpaired) electrons. The second-order valence-corrected chi connectivity index (χ2v) is 7.61. The molecular formula is C20H19N3O2S. The molecule has 6 heteroatoms. The lowest BCUT2D eigenvalue weighted by Crippen LogP contribution is -2.28. The van der Waals surface area contributed by atoms with E-state index in [4.69, 9.17) is 0 Å². The van der Waals surface area contributed by atoms with Gasteiger partial charge in [0.15, 0.2) is 0 Å². The van der Waals surface area contributed by atoms with Crippen molar-refractivity contribution < 1.29 is 9.59 Å². The van der Waals surface area contributed by atoms with Crippen LogP contribution in [0.4, 0.5) is 5.69 Å². The minimum atomic E-state index is -0.0994. The number of aromatic nitrogens is 1. The van der Waals surface area contributed by atoms with Gasteiger partial charge in [-0.2, -0.15) is 0 Å². The molecule has 0 saturated heterocycles. The smallest absolute Gasteiger partial charge is 0.251 e. The lowest BCUT2D eigenvalue weighted by Gasteiger charge is -2.17. The zero-order valence-corrected chi connectivity index (χ0v) is 15.2. The van der Waals surface area contributed by atoms with Crippen molar-refractivity contribution in [3.8, 4) is 0 Å². The number of nitrogens with one attached hydrogen (secondary N) is 2. The van der Waals surface area contributed by atoms with Crippen molar-refractivity contribution in [2.24, 2.45) is 0 Å². The molecule has 1 aromatic heterocycles. The van der Waals surface area contributed by atoms with Crippen LogP contribution in [0.15, 0.2) is 42.5 Å². The molecular weight excluding hydrogens is 346 g/mol. The second kappa shape index (κ2) is 6.88. The zero-order valence-electron chi connectivity index (χ0n) is 14.4. The summed E-state index contributed by atoms with van der Waals surface area (Å²) < 4.78 is 1.16. The Labute approximate surface area is 155 Å². The molecule has 4 rings (SSSR count). The Kier molecular flexibility index (Phi) is 4.42. The molecule has 2 amide bonds. The van der Waals surface area contributed by atoms with Crippen molar-refractivity contribution >= 4 is 39.1 Å². The van der Waals surface area contributed by atoms with E-state index in [1.807, 2.05) is 24.3 Å². The molecule has 26 heavy (non-hydrogen) atoms. The van der Waals surface area contributed by atoms with E-state index in [2.05, 4.69) is 28.6 Å². The number of thiazole rings is 1. The first-order chi connectivity index (χ1) is 12.6. The van der Waals surface area contributed by atoms with Crippen LogP contribution in [-0.4, -0.2) is 23.3 Å². The Bertz CT molecular complexity index is 963. The number of aryl methyl sites for hydroxylation is 1. The van der Waals surface area contributed by atoms with Crippen molar-refractivity contribution in [1.82, 2.24) is 10.3 Å². The number of rotatable bonds is 4. The quantitative estimate of drug-likeness (QED) is 0.740. The molecule has 0 saturated carbocycles. The fourth-order valence-electron chi connectivity index (χ4n) is 3.06. The molecule has 1 aliphatic rings. The van der Waals surface area contributed by atoms with Gasteiger partial charge in [0.2, 0.25) is 5.91 Å². The van der Waals surface area contributed by atoms with E-state index in [0.717, 1.165) is 26.5 Å². The molecule has 0 aliphatic carbocycles. The minimum Gasteiger partial charge on any atom is -0.351 e. The first-order valence-electron chi connectivity index (χ1n) is 8.66. The first-order valence-corrected chi connectivity index (χ1v) is 9.48. The Balaban J connectivity index is 1.42. The summed E-state index contributed by atoms with van der Waals surface area (Å²) in [6.07, 6.45) is 1.14. The molecule has 3 aromatic rings. The van der Waals surface area contributed by atoms with Gasteiger partial charge in [0.1, 0.15) is 0 Å². The highest BCUT2D eigenvalue weighted by molar-refractivity contribution is 7.18. The van der Waals surface area contributed by atoms with Crippen LogP contribution < -0.4 is 10.6 Å². The molecule has 5 nitrogen and oxygen atoms in total. The Morgan fingerprint density at radius 2 is 2.12 bits per heavy atom. The third-order valence-corrected chi connectivity index (χ3v) is 5.83. The van der Waals surface area contributed by atoms with Gasteiger partial charge in [0, 0.05) is 30.1 Å². The molecule has 0 spiro atoms. The van der Waals surface area contributed by atoms with Gasteiger partial charge in [-0.3, -0.25) is 9.59 Å². The number of anilines is 1. The Morgan fingerprint density at radius 1 is 1.27 bits per heavy atom. The van der Waals surface area contributed by atoms with Crippen LogP contribution in [-0.2, 0) is 11.2 Å². The third kappa shape index (κ3) is 3.32. The van der Waals surface area contributed by atoms with Gasteiger partial charge in [0.25, 0.3) is 5.91 Å². The normalized spacial score (nSPS) is 14.6. The van der Waals surface area contributed by atoms with Crippen LogP contribution in [0.5, 0.6) is 0 Å². The summed E-state index contributed by atoms with van der Waals surface area (Å²) in [5.74, 6) is 0.0743. The summed E-state index contributed by atoms with van der Waals surface area (Å²) in [6, 6.07) is 13.5.